The van der Waals surface area contributed by atoms with E-state index in [2.05, 4.69) is 41.0 Å². The molecule has 0 unspecified atom stereocenters. The molecule has 4 rings (SSSR count). The molecule has 2 aromatic carbocycles. The van der Waals surface area contributed by atoms with Crippen molar-refractivity contribution >= 4 is 23.0 Å². The van der Waals surface area contributed by atoms with Crippen molar-refractivity contribution in [2.75, 3.05) is 18.5 Å². The highest BCUT2D eigenvalue weighted by atomic mass is 32.1. The molecule has 0 saturated heterocycles. The number of aryl methyl sites for hydroxylation is 1. The van der Waals surface area contributed by atoms with Crippen LogP contribution in [0.4, 0.5) is 5.69 Å². The Hall–Kier alpha value is -2.27. The largest absolute Gasteiger partial charge is 0.486 e. The van der Waals surface area contributed by atoms with Crippen molar-refractivity contribution in [3.05, 3.63) is 54.1 Å². The van der Waals surface area contributed by atoms with E-state index in [9.17, 15) is 0 Å². The molecule has 1 aliphatic heterocycles. The van der Waals surface area contributed by atoms with Gasteiger partial charge in [0.25, 0.3) is 0 Å². The third kappa shape index (κ3) is 4.53. The van der Waals surface area contributed by atoms with E-state index in [1.807, 2.05) is 18.2 Å². The Labute approximate surface area is 166 Å². The van der Waals surface area contributed by atoms with Gasteiger partial charge < -0.3 is 20.1 Å². The fraction of sp³-hybridized carbons (Fsp3) is 0.409. The summed E-state index contributed by atoms with van der Waals surface area (Å²) in [6.07, 6.45) is 7.02. The Morgan fingerprint density at radius 1 is 0.963 bits per heavy atom. The van der Waals surface area contributed by atoms with E-state index in [-0.39, 0.29) is 5.54 Å². The zero-order valence-corrected chi connectivity index (χ0v) is 16.3. The Morgan fingerprint density at radius 2 is 1.70 bits per heavy atom. The number of thiocarbonyl (C=S) groups is 1. The van der Waals surface area contributed by atoms with E-state index < -0.39 is 0 Å². The first-order valence-corrected chi connectivity index (χ1v) is 10.2. The number of fused-ring (bicyclic) bond motifs is 1. The second-order valence-corrected chi connectivity index (χ2v) is 7.82. The highest BCUT2D eigenvalue weighted by Gasteiger charge is 2.34. The number of nitrogens with one attached hydrogen (secondary N) is 2. The van der Waals surface area contributed by atoms with Crippen molar-refractivity contribution in [3.63, 3.8) is 0 Å². The fourth-order valence-corrected chi connectivity index (χ4v) is 4.38. The predicted octanol–water partition coefficient (Wildman–Crippen LogP) is 4.69. The average molecular weight is 383 g/mol. The highest BCUT2D eigenvalue weighted by molar-refractivity contribution is 7.80. The lowest BCUT2D eigenvalue weighted by Crippen LogP contribution is -2.48. The van der Waals surface area contributed by atoms with E-state index in [1.54, 1.807) is 0 Å². The van der Waals surface area contributed by atoms with Crippen molar-refractivity contribution in [2.24, 2.45) is 0 Å². The smallest absolute Gasteiger partial charge is 0.171 e. The monoisotopic (exact) mass is 382 g/mol. The Balaban J connectivity index is 1.39. The van der Waals surface area contributed by atoms with E-state index in [4.69, 9.17) is 21.7 Å². The van der Waals surface area contributed by atoms with Crippen LogP contribution in [0.5, 0.6) is 11.5 Å². The molecule has 0 atom stereocenters. The lowest BCUT2D eigenvalue weighted by Gasteiger charge is -2.32. The molecular formula is C22H26N2O2S. The Kier molecular flexibility index (Phi) is 5.48. The van der Waals surface area contributed by atoms with Gasteiger partial charge in [0.05, 0.1) is 0 Å². The average Bonchev–Trinajstić information content (AvgIpc) is 3.15. The van der Waals surface area contributed by atoms with Gasteiger partial charge >= 0.3 is 0 Å². The van der Waals surface area contributed by atoms with Crippen LogP contribution < -0.4 is 20.1 Å². The summed E-state index contributed by atoms with van der Waals surface area (Å²) in [5.41, 5.74) is 2.40. The summed E-state index contributed by atoms with van der Waals surface area (Å²) in [7, 11) is 0. The number of benzene rings is 2. The van der Waals surface area contributed by atoms with Crippen LogP contribution in [0.3, 0.4) is 0 Å². The van der Waals surface area contributed by atoms with Gasteiger partial charge in [-0.2, -0.15) is 0 Å². The van der Waals surface area contributed by atoms with Gasteiger partial charge in [0, 0.05) is 17.3 Å². The molecule has 0 amide bonds. The zero-order chi connectivity index (χ0) is 18.5. The maximum Gasteiger partial charge on any atom is 0.171 e. The van der Waals surface area contributed by atoms with Crippen LogP contribution in [-0.2, 0) is 6.42 Å². The molecule has 2 aromatic rings. The first kappa shape index (κ1) is 18.1. The topological polar surface area (TPSA) is 42.5 Å². The first-order valence-electron chi connectivity index (χ1n) is 9.75. The molecule has 0 bridgehead atoms. The van der Waals surface area contributed by atoms with Crippen LogP contribution in [-0.4, -0.2) is 23.9 Å². The van der Waals surface area contributed by atoms with E-state index in [0.29, 0.717) is 18.3 Å². The molecule has 0 aromatic heterocycles. The molecule has 2 N–H and O–H groups in total. The predicted molar refractivity (Wildman–Crippen MR) is 113 cm³/mol. The number of rotatable bonds is 5. The first-order chi connectivity index (χ1) is 13.2. The summed E-state index contributed by atoms with van der Waals surface area (Å²) in [4.78, 5) is 0. The van der Waals surface area contributed by atoms with Crippen LogP contribution in [0.1, 0.15) is 37.7 Å². The molecule has 1 heterocycles. The minimum Gasteiger partial charge on any atom is -0.486 e. The maximum atomic E-state index is 5.66. The van der Waals surface area contributed by atoms with Gasteiger partial charge in [-0.3, -0.25) is 0 Å². The molecule has 5 heteroatoms. The van der Waals surface area contributed by atoms with Crippen molar-refractivity contribution in [3.8, 4) is 11.5 Å². The Morgan fingerprint density at radius 3 is 2.48 bits per heavy atom. The molecule has 0 spiro atoms. The number of ether oxygens (including phenoxy) is 2. The molecule has 0 radical (unpaired) electrons. The minimum atomic E-state index is 0.0910. The molecule has 142 valence electrons. The third-order valence-electron chi connectivity index (χ3n) is 5.47. The number of hydrogen-bond donors (Lipinski definition) is 2. The lowest BCUT2D eigenvalue weighted by atomic mass is 9.89. The van der Waals surface area contributed by atoms with E-state index >= 15 is 0 Å². The zero-order valence-electron chi connectivity index (χ0n) is 15.5. The van der Waals surface area contributed by atoms with Gasteiger partial charge in [-0.25, -0.2) is 0 Å². The fourth-order valence-electron chi connectivity index (χ4n) is 4.04. The quantitative estimate of drug-likeness (QED) is 0.735. The second kappa shape index (κ2) is 8.17. The van der Waals surface area contributed by atoms with Crippen LogP contribution in [0.15, 0.2) is 48.5 Å². The SMILES string of the molecule is S=C(Nc1ccc2c(c1)OCCO2)NC1(CCc2ccccc2)CCCC1. The lowest BCUT2D eigenvalue weighted by molar-refractivity contribution is 0.171. The molecule has 1 saturated carbocycles. The van der Waals surface area contributed by atoms with Crippen molar-refractivity contribution < 1.29 is 9.47 Å². The molecule has 1 aliphatic carbocycles. The Bertz CT molecular complexity index is 788. The van der Waals surface area contributed by atoms with Crippen LogP contribution >= 0.6 is 12.2 Å². The molecule has 27 heavy (non-hydrogen) atoms. The van der Waals surface area contributed by atoms with Crippen LogP contribution in [0.25, 0.3) is 0 Å². The van der Waals surface area contributed by atoms with Gasteiger partial charge in [-0.15, -0.1) is 0 Å². The molecule has 4 nitrogen and oxygen atoms in total. The second-order valence-electron chi connectivity index (χ2n) is 7.41. The summed E-state index contributed by atoms with van der Waals surface area (Å²) < 4.78 is 11.2. The molecule has 1 fully saturated rings. The molecular weight excluding hydrogens is 356 g/mol. The van der Waals surface area contributed by atoms with Crippen molar-refractivity contribution in [1.82, 2.24) is 5.32 Å². The minimum absolute atomic E-state index is 0.0910. The van der Waals surface area contributed by atoms with Crippen LogP contribution in [0, 0.1) is 0 Å². The van der Waals surface area contributed by atoms with Crippen molar-refractivity contribution in [2.45, 2.75) is 44.1 Å². The highest BCUT2D eigenvalue weighted by Crippen LogP contribution is 2.35. The molecule has 2 aliphatic rings. The third-order valence-corrected chi connectivity index (χ3v) is 5.68. The van der Waals surface area contributed by atoms with E-state index in [1.165, 1.54) is 31.2 Å². The number of anilines is 1. The normalized spacial score (nSPS) is 17.3. The summed E-state index contributed by atoms with van der Waals surface area (Å²) in [6, 6.07) is 16.6. The summed E-state index contributed by atoms with van der Waals surface area (Å²) in [6.45, 7) is 1.19. The van der Waals surface area contributed by atoms with Crippen molar-refractivity contribution in [1.29, 1.82) is 0 Å². The summed E-state index contributed by atoms with van der Waals surface area (Å²) >= 11 is 5.64. The standard InChI is InChI=1S/C22H26N2O2S/c27-21(23-18-8-9-19-20(16-18)26-15-14-25-19)24-22(11-4-5-12-22)13-10-17-6-2-1-3-7-17/h1-3,6-9,16H,4-5,10-15H2,(H2,23,24,27). The summed E-state index contributed by atoms with van der Waals surface area (Å²) in [5.74, 6) is 1.56. The van der Waals surface area contributed by atoms with E-state index in [0.717, 1.165) is 30.0 Å². The summed E-state index contributed by atoms with van der Waals surface area (Å²) in [5, 5.41) is 7.65. The maximum absolute atomic E-state index is 5.66. The van der Waals surface area contributed by atoms with Gasteiger partial charge in [-0.05, 0) is 55.6 Å². The van der Waals surface area contributed by atoms with Gasteiger partial charge in [0.15, 0.2) is 16.6 Å². The van der Waals surface area contributed by atoms with Gasteiger partial charge in [0.1, 0.15) is 13.2 Å². The van der Waals surface area contributed by atoms with Crippen LogP contribution in [0.2, 0.25) is 0 Å². The van der Waals surface area contributed by atoms with Gasteiger partial charge in [0.2, 0.25) is 0 Å². The van der Waals surface area contributed by atoms with Gasteiger partial charge in [-0.1, -0.05) is 43.2 Å². The number of hydrogen-bond acceptors (Lipinski definition) is 3.